The molecule has 0 aromatic carbocycles. The van der Waals surface area contributed by atoms with E-state index in [-0.39, 0.29) is 5.54 Å². The molecule has 0 radical (unpaired) electrons. The number of nitrogens with zero attached hydrogens (tertiary/aromatic N) is 1. The highest BCUT2D eigenvalue weighted by Crippen LogP contribution is 2.16. The second kappa shape index (κ2) is 2.45. The highest BCUT2D eigenvalue weighted by Gasteiger charge is 2.24. The first-order valence-corrected chi connectivity index (χ1v) is 3.49. The molecular weight excluding hydrogens is 126 g/mol. The van der Waals surface area contributed by atoms with Crippen LogP contribution in [0.2, 0.25) is 0 Å². The molecule has 0 aromatic heterocycles. The Labute approximate surface area is 61.6 Å². The van der Waals surface area contributed by atoms with Crippen LogP contribution in [-0.2, 0) is 4.74 Å². The number of hydrogen-bond donors (Lipinski definition) is 0. The molecule has 2 heteroatoms. The third-order valence-corrected chi connectivity index (χ3v) is 1.30. The topological polar surface area (TPSA) is 21.6 Å². The van der Waals surface area contributed by atoms with E-state index in [0.717, 1.165) is 5.90 Å². The van der Waals surface area contributed by atoms with Crippen molar-refractivity contribution in [2.24, 2.45) is 4.99 Å². The van der Waals surface area contributed by atoms with E-state index < -0.39 is 0 Å². The van der Waals surface area contributed by atoms with E-state index in [1.54, 1.807) is 0 Å². The highest BCUT2D eigenvalue weighted by molar-refractivity contribution is 5.89. The molecule has 0 fully saturated rings. The van der Waals surface area contributed by atoms with Gasteiger partial charge in [-0.05, 0) is 26.8 Å². The molecule has 0 aliphatic carbocycles. The van der Waals surface area contributed by atoms with Crippen molar-refractivity contribution in [1.29, 1.82) is 0 Å². The van der Waals surface area contributed by atoms with Crippen molar-refractivity contribution in [2.45, 2.75) is 26.3 Å². The van der Waals surface area contributed by atoms with Crippen LogP contribution in [0.15, 0.2) is 17.1 Å². The number of rotatable bonds is 1. The number of allylic oxidation sites excluding steroid dienone is 1. The van der Waals surface area contributed by atoms with Crippen molar-refractivity contribution in [3.8, 4) is 0 Å². The maximum absolute atomic E-state index is 5.27. The molecule has 0 N–H and O–H groups in total. The summed E-state index contributed by atoms with van der Waals surface area (Å²) in [6.45, 7) is 6.77. The number of ether oxygens (including phenoxy) is 1. The van der Waals surface area contributed by atoms with Crippen LogP contribution in [0.1, 0.15) is 20.8 Å². The molecule has 0 saturated carbocycles. The predicted octanol–water partition coefficient (Wildman–Crippen LogP) is 1.77. The Morgan fingerprint density at radius 1 is 1.60 bits per heavy atom. The standard InChI is InChI=1S/C8H13NO/c1-4-5-7-9-8(2,3)6-10-7/h4-5H,6H2,1-3H3/b5-4+. The molecule has 0 aromatic rings. The van der Waals surface area contributed by atoms with Crippen LogP contribution in [0.5, 0.6) is 0 Å². The lowest BCUT2D eigenvalue weighted by molar-refractivity contribution is 0.280. The summed E-state index contributed by atoms with van der Waals surface area (Å²) in [4.78, 5) is 4.32. The van der Waals surface area contributed by atoms with Crippen LogP contribution in [0.3, 0.4) is 0 Å². The molecule has 1 heterocycles. The number of aliphatic imine (C=N–C) groups is 1. The molecule has 1 rings (SSSR count). The number of hydrogen-bond acceptors (Lipinski definition) is 2. The SMILES string of the molecule is C/C=C/C1=NC(C)(C)CO1. The van der Waals surface area contributed by atoms with Crippen LogP contribution >= 0.6 is 0 Å². The highest BCUT2D eigenvalue weighted by atomic mass is 16.5. The van der Waals surface area contributed by atoms with Gasteiger partial charge >= 0.3 is 0 Å². The van der Waals surface area contributed by atoms with E-state index in [2.05, 4.69) is 18.8 Å². The first-order chi connectivity index (χ1) is 4.64. The second-order valence-corrected chi connectivity index (χ2v) is 3.05. The Bertz CT molecular complexity index is 180. The van der Waals surface area contributed by atoms with Crippen LogP contribution in [0, 0.1) is 0 Å². The van der Waals surface area contributed by atoms with E-state index in [1.165, 1.54) is 0 Å². The minimum atomic E-state index is -0.0190. The largest absolute Gasteiger partial charge is 0.475 e. The van der Waals surface area contributed by atoms with Gasteiger partial charge in [-0.1, -0.05) is 6.08 Å². The lowest BCUT2D eigenvalue weighted by Crippen LogP contribution is -2.17. The van der Waals surface area contributed by atoms with Gasteiger partial charge in [0.2, 0.25) is 5.90 Å². The molecule has 2 nitrogen and oxygen atoms in total. The molecule has 1 aliphatic rings. The van der Waals surface area contributed by atoms with E-state index in [1.807, 2.05) is 19.1 Å². The Morgan fingerprint density at radius 2 is 2.30 bits per heavy atom. The summed E-state index contributed by atoms with van der Waals surface area (Å²) in [6.07, 6.45) is 3.81. The molecule has 0 amide bonds. The maximum Gasteiger partial charge on any atom is 0.208 e. The Kier molecular flexibility index (Phi) is 1.79. The summed E-state index contributed by atoms with van der Waals surface area (Å²) in [7, 11) is 0. The summed E-state index contributed by atoms with van der Waals surface area (Å²) in [5.41, 5.74) is -0.0190. The van der Waals surface area contributed by atoms with Gasteiger partial charge in [-0.3, -0.25) is 0 Å². The summed E-state index contributed by atoms with van der Waals surface area (Å²) in [5.74, 6) is 0.757. The molecule has 10 heavy (non-hydrogen) atoms. The minimum Gasteiger partial charge on any atom is -0.475 e. The smallest absolute Gasteiger partial charge is 0.208 e. The van der Waals surface area contributed by atoms with Gasteiger partial charge in [0.05, 0.1) is 5.54 Å². The fourth-order valence-corrected chi connectivity index (χ4v) is 0.841. The van der Waals surface area contributed by atoms with Crippen molar-refractivity contribution in [2.75, 3.05) is 6.61 Å². The minimum absolute atomic E-state index is 0.0190. The van der Waals surface area contributed by atoms with Gasteiger partial charge in [0.15, 0.2) is 0 Å². The second-order valence-electron chi connectivity index (χ2n) is 3.05. The van der Waals surface area contributed by atoms with E-state index in [9.17, 15) is 0 Å². The fourth-order valence-electron chi connectivity index (χ4n) is 0.841. The molecule has 0 atom stereocenters. The monoisotopic (exact) mass is 139 g/mol. The van der Waals surface area contributed by atoms with Gasteiger partial charge in [-0.25, -0.2) is 4.99 Å². The third kappa shape index (κ3) is 1.59. The quantitative estimate of drug-likeness (QED) is 0.542. The average molecular weight is 139 g/mol. The molecule has 56 valence electrons. The van der Waals surface area contributed by atoms with Crippen LogP contribution in [-0.4, -0.2) is 18.0 Å². The Balaban J connectivity index is 2.66. The van der Waals surface area contributed by atoms with Crippen LogP contribution in [0.25, 0.3) is 0 Å². The molecule has 0 spiro atoms. The first-order valence-electron chi connectivity index (χ1n) is 3.49. The lowest BCUT2D eigenvalue weighted by Gasteiger charge is -2.07. The van der Waals surface area contributed by atoms with Crippen molar-refractivity contribution in [3.05, 3.63) is 12.2 Å². The van der Waals surface area contributed by atoms with Gasteiger partial charge in [0.25, 0.3) is 0 Å². The molecule has 0 saturated heterocycles. The lowest BCUT2D eigenvalue weighted by atomic mass is 10.1. The van der Waals surface area contributed by atoms with Crippen molar-refractivity contribution in [1.82, 2.24) is 0 Å². The van der Waals surface area contributed by atoms with Gasteiger partial charge in [0, 0.05) is 0 Å². The maximum atomic E-state index is 5.27. The summed E-state index contributed by atoms with van der Waals surface area (Å²) in [6, 6.07) is 0. The summed E-state index contributed by atoms with van der Waals surface area (Å²) < 4.78 is 5.27. The normalized spacial score (nSPS) is 22.9. The van der Waals surface area contributed by atoms with Gasteiger partial charge < -0.3 is 4.74 Å². The molecule has 0 unspecified atom stereocenters. The third-order valence-electron chi connectivity index (χ3n) is 1.30. The average Bonchev–Trinajstić information content (AvgIpc) is 2.12. The van der Waals surface area contributed by atoms with Crippen molar-refractivity contribution >= 4 is 5.90 Å². The summed E-state index contributed by atoms with van der Waals surface area (Å²) in [5, 5.41) is 0. The van der Waals surface area contributed by atoms with Crippen LogP contribution in [0.4, 0.5) is 0 Å². The zero-order valence-corrected chi connectivity index (χ0v) is 6.72. The van der Waals surface area contributed by atoms with E-state index in [4.69, 9.17) is 4.74 Å². The van der Waals surface area contributed by atoms with Gasteiger partial charge in [-0.2, -0.15) is 0 Å². The van der Waals surface area contributed by atoms with E-state index >= 15 is 0 Å². The van der Waals surface area contributed by atoms with E-state index in [0.29, 0.717) is 6.61 Å². The Morgan fingerprint density at radius 3 is 2.70 bits per heavy atom. The zero-order valence-electron chi connectivity index (χ0n) is 6.72. The van der Waals surface area contributed by atoms with Crippen LogP contribution < -0.4 is 0 Å². The predicted molar refractivity (Wildman–Crippen MR) is 42.3 cm³/mol. The van der Waals surface area contributed by atoms with Gasteiger partial charge in [0.1, 0.15) is 6.61 Å². The molecular formula is C8H13NO. The summed E-state index contributed by atoms with van der Waals surface area (Å²) >= 11 is 0. The molecule has 0 bridgehead atoms. The van der Waals surface area contributed by atoms with Crippen molar-refractivity contribution in [3.63, 3.8) is 0 Å². The Hall–Kier alpha value is -0.790. The fraction of sp³-hybridized carbons (Fsp3) is 0.625. The first kappa shape index (κ1) is 7.32. The van der Waals surface area contributed by atoms with Crippen molar-refractivity contribution < 1.29 is 4.74 Å². The molecule has 1 aliphatic heterocycles. The zero-order chi connectivity index (χ0) is 7.61. The van der Waals surface area contributed by atoms with Gasteiger partial charge in [-0.15, -0.1) is 0 Å².